The molecule has 0 radical (unpaired) electrons. The Labute approximate surface area is 136 Å². The summed E-state index contributed by atoms with van der Waals surface area (Å²) in [6.45, 7) is 2.16. The molecule has 0 aliphatic carbocycles. The van der Waals surface area contributed by atoms with Crippen molar-refractivity contribution in [1.29, 1.82) is 0 Å². The van der Waals surface area contributed by atoms with Gasteiger partial charge in [-0.2, -0.15) is 5.10 Å². The van der Waals surface area contributed by atoms with Crippen molar-refractivity contribution >= 4 is 22.8 Å². The van der Waals surface area contributed by atoms with Crippen LogP contribution < -0.4 is 10.9 Å². The number of H-pyrrole nitrogens is 1. The zero-order valence-corrected chi connectivity index (χ0v) is 13.5. The van der Waals surface area contributed by atoms with E-state index in [1.165, 1.54) is 10.9 Å². The lowest BCUT2D eigenvalue weighted by Gasteiger charge is -2.14. The molecule has 2 N–H and O–H groups in total. The van der Waals surface area contributed by atoms with Crippen molar-refractivity contribution in [1.82, 2.24) is 29.8 Å². The summed E-state index contributed by atoms with van der Waals surface area (Å²) in [6, 6.07) is 1.63. The first-order valence-corrected chi connectivity index (χ1v) is 7.25. The van der Waals surface area contributed by atoms with Gasteiger partial charge in [-0.3, -0.25) is 19.2 Å². The van der Waals surface area contributed by atoms with Crippen molar-refractivity contribution in [2.45, 2.75) is 13.5 Å². The van der Waals surface area contributed by atoms with Crippen LogP contribution >= 0.6 is 0 Å². The highest BCUT2D eigenvalue weighted by Crippen LogP contribution is 2.08. The molecule has 10 nitrogen and oxygen atoms in total. The monoisotopic (exact) mass is 331 g/mol. The second kappa shape index (κ2) is 6.24. The number of nitrogens with one attached hydrogen (secondary N) is 2. The van der Waals surface area contributed by atoms with E-state index in [1.54, 1.807) is 32.0 Å². The molecule has 3 aromatic heterocycles. The van der Waals surface area contributed by atoms with E-state index in [0.717, 1.165) is 0 Å². The van der Waals surface area contributed by atoms with Gasteiger partial charge in [-0.05, 0) is 14.0 Å². The van der Waals surface area contributed by atoms with Gasteiger partial charge < -0.3 is 14.8 Å². The molecule has 3 heterocycles. The summed E-state index contributed by atoms with van der Waals surface area (Å²) in [5, 5.41) is 10.8. The van der Waals surface area contributed by atoms with Crippen molar-refractivity contribution in [3.63, 3.8) is 0 Å². The zero-order chi connectivity index (χ0) is 17.3. The Morgan fingerprint density at radius 3 is 3.00 bits per heavy atom. The molecule has 3 rings (SSSR count). The fourth-order valence-corrected chi connectivity index (χ4v) is 2.32. The third-order valence-corrected chi connectivity index (χ3v) is 3.38. The minimum Gasteiger partial charge on any atom is -0.360 e. The molecule has 126 valence electrons. The largest absolute Gasteiger partial charge is 0.360 e. The Morgan fingerprint density at radius 1 is 1.50 bits per heavy atom. The number of hydrogen-bond donors (Lipinski definition) is 2. The molecule has 0 fully saturated rings. The van der Waals surface area contributed by atoms with Gasteiger partial charge in [0.15, 0.2) is 11.5 Å². The van der Waals surface area contributed by atoms with E-state index in [4.69, 9.17) is 4.52 Å². The van der Waals surface area contributed by atoms with Crippen LogP contribution in [0.2, 0.25) is 0 Å². The van der Waals surface area contributed by atoms with Gasteiger partial charge in [0.05, 0.1) is 19.3 Å². The molecule has 24 heavy (non-hydrogen) atoms. The lowest BCUT2D eigenvalue weighted by molar-refractivity contribution is -0.117. The molecule has 0 atom stereocenters. The molecule has 0 aliphatic heterocycles. The summed E-state index contributed by atoms with van der Waals surface area (Å²) >= 11 is 0. The molecule has 1 amide bonds. The SMILES string of the molecule is Cc1cc(NC(=O)CN(C)Cc2nc3c(cnn3C)c(=O)[nH]2)no1. The molecule has 0 aliphatic rings. The number of anilines is 1. The van der Waals surface area contributed by atoms with Gasteiger partial charge in [-0.15, -0.1) is 0 Å². The predicted octanol–water partition coefficient (Wildman–Crippen LogP) is 0.0235. The van der Waals surface area contributed by atoms with Gasteiger partial charge in [0.1, 0.15) is 17.0 Å². The number of carbonyl (C=O) groups excluding carboxylic acids is 1. The molecule has 10 heteroatoms. The molecule has 0 bridgehead atoms. The van der Waals surface area contributed by atoms with Crippen LogP contribution in [0, 0.1) is 6.92 Å². The van der Waals surface area contributed by atoms with E-state index in [-0.39, 0.29) is 18.0 Å². The molecular weight excluding hydrogens is 314 g/mol. The first kappa shape index (κ1) is 15.9. The van der Waals surface area contributed by atoms with Crippen LogP contribution in [-0.2, 0) is 18.4 Å². The average Bonchev–Trinajstić information content (AvgIpc) is 3.06. The molecular formula is C14H17N7O3. The van der Waals surface area contributed by atoms with Crippen molar-refractivity contribution in [3.8, 4) is 0 Å². The van der Waals surface area contributed by atoms with Gasteiger partial charge in [0.25, 0.3) is 5.56 Å². The molecule has 0 spiro atoms. The lowest BCUT2D eigenvalue weighted by Crippen LogP contribution is -2.31. The van der Waals surface area contributed by atoms with Crippen LogP contribution in [0.25, 0.3) is 11.0 Å². The van der Waals surface area contributed by atoms with Gasteiger partial charge in [0, 0.05) is 13.1 Å². The Bertz CT molecular complexity index is 939. The van der Waals surface area contributed by atoms with Crippen LogP contribution in [-0.4, -0.2) is 49.3 Å². The number of carbonyl (C=O) groups is 1. The number of aromatic amines is 1. The average molecular weight is 331 g/mol. The van der Waals surface area contributed by atoms with Gasteiger partial charge in [0.2, 0.25) is 5.91 Å². The minimum absolute atomic E-state index is 0.110. The highest BCUT2D eigenvalue weighted by atomic mass is 16.5. The topological polar surface area (TPSA) is 122 Å². The number of aromatic nitrogens is 5. The summed E-state index contributed by atoms with van der Waals surface area (Å²) in [6.07, 6.45) is 1.47. The number of fused-ring (bicyclic) bond motifs is 1. The van der Waals surface area contributed by atoms with Crippen molar-refractivity contribution in [2.75, 3.05) is 18.9 Å². The van der Waals surface area contributed by atoms with Gasteiger partial charge in [-0.1, -0.05) is 5.16 Å². The third kappa shape index (κ3) is 3.33. The maximum Gasteiger partial charge on any atom is 0.262 e. The first-order valence-electron chi connectivity index (χ1n) is 7.25. The fraction of sp³-hybridized carbons (Fsp3) is 0.357. The predicted molar refractivity (Wildman–Crippen MR) is 85.3 cm³/mol. The van der Waals surface area contributed by atoms with Crippen molar-refractivity contribution in [3.05, 3.63) is 34.2 Å². The Balaban J connectivity index is 1.66. The van der Waals surface area contributed by atoms with E-state index >= 15 is 0 Å². The lowest BCUT2D eigenvalue weighted by atomic mass is 10.4. The second-order valence-electron chi connectivity index (χ2n) is 5.56. The number of aryl methyl sites for hydroxylation is 2. The molecule has 3 aromatic rings. The molecule has 0 saturated heterocycles. The molecule has 0 saturated carbocycles. The summed E-state index contributed by atoms with van der Waals surface area (Å²) in [4.78, 5) is 32.8. The maximum atomic E-state index is 12.0. The summed E-state index contributed by atoms with van der Waals surface area (Å²) < 4.78 is 6.42. The van der Waals surface area contributed by atoms with Crippen LogP contribution in [0.5, 0.6) is 0 Å². The number of hydrogen-bond acceptors (Lipinski definition) is 7. The van der Waals surface area contributed by atoms with E-state index in [1.807, 2.05) is 0 Å². The van der Waals surface area contributed by atoms with Crippen LogP contribution in [0.3, 0.4) is 0 Å². The third-order valence-electron chi connectivity index (χ3n) is 3.38. The Morgan fingerprint density at radius 2 is 2.29 bits per heavy atom. The number of rotatable bonds is 5. The quantitative estimate of drug-likeness (QED) is 0.676. The molecule has 0 aromatic carbocycles. The summed E-state index contributed by atoms with van der Waals surface area (Å²) in [5.74, 6) is 1.21. The standard InChI is InChI=1S/C14H17N7O3/c1-8-4-10(19-24-8)16-12(22)7-20(2)6-11-17-13-9(14(23)18-11)5-15-21(13)3/h4-5H,6-7H2,1-3H3,(H,16,19,22)(H,17,18,23). The number of likely N-dealkylation sites (N-methyl/N-ethyl adjacent to an activating group) is 1. The Hall–Kier alpha value is -3.01. The highest BCUT2D eigenvalue weighted by Gasteiger charge is 2.13. The van der Waals surface area contributed by atoms with E-state index < -0.39 is 0 Å². The summed E-state index contributed by atoms with van der Waals surface area (Å²) in [7, 11) is 3.47. The minimum atomic E-state index is -0.251. The van der Waals surface area contributed by atoms with Crippen LogP contribution in [0.15, 0.2) is 21.6 Å². The second-order valence-corrected chi connectivity index (χ2v) is 5.56. The molecule has 0 unspecified atom stereocenters. The van der Waals surface area contributed by atoms with Crippen LogP contribution in [0.1, 0.15) is 11.6 Å². The number of amides is 1. The van der Waals surface area contributed by atoms with Crippen LogP contribution in [0.4, 0.5) is 5.82 Å². The van der Waals surface area contributed by atoms with Gasteiger partial charge in [-0.25, -0.2) is 4.98 Å². The zero-order valence-electron chi connectivity index (χ0n) is 13.5. The van der Waals surface area contributed by atoms with Crippen molar-refractivity contribution < 1.29 is 9.32 Å². The normalized spacial score (nSPS) is 11.3. The van der Waals surface area contributed by atoms with E-state index in [0.29, 0.717) is 35.0 Å². The fourth-order valence-electron chi connectivity index (χ4n) is 2.32. The first-order chi connectivity index (χ1) is 11.4. The highest BCUT2D eigenvalue weighted by molar-refractivity contribution is 5.91. The summed E-state index contributed by atoms with van der Waals surface area (Å²) in [5.41, 5.74) is 0.253. The van der Waals surface area contributed by atoms with E-state index in [2.05, 4.69) is 25.5 Å². The van der Waals surface area contributed by atoms with Gasteiger partial charge >= 0.3 is 0 Å². The van der Waals surface area contributed by atoms with Crippen molar-refractivity contribution in [2.24, 2.45) is 7.05 Å². The smallest absolute Gasteiger partial charge is 0.262 e. The van der Waals surface area contributed by atoms with E-state index in [9.17, 15) is 9.59 Å². The number of nitrogens with zero attached hydrogens (tertiary/aromatic N) is 5. The Kier molecular flexibility index (Phi) is 4.13. The maximum absolute atomic E-state index is 12.0.